The number of rotatable bonds is 2. The third-order valence-corrected chi connectivity index (χ3v) is 3.57. The molecule has 0 aliphatic carbocycles. The largest absolute Gasteiger partial charge is 0.353 e. The van der Waals surface area contributed by atoms with Gasteiger partial charge in [0.25, 0.3) is 5.91 Å². The maximum absolute atomic E-state index is 12.5. The highest BCUT2D eigenvalue weighted by molar-refractivity contribution is 5.98. The molecule has 0 spiro atoms. The van der Waals surface area contributed by atoms with Gasteiger partial charge in [0.1, 0.15) is 6.04 Å². The number of nitrogens with zero attached hydrogens (tertiary/aromatic N) is 2. The molecule has 1 aliphatic heterocycles. The Morgan fingerprint density at radius 3 is 2.89 bits per heavy atom. The Kier molecular flexibility index (Phi) is 3.83. The van der Waals surface area contributed by atoms with Crippen LogP contribution in [-0.4, -0.2) is 40.8 Å². The molecule has 0 saturated carbocycles. The molecule has 2 amide bonds. The summed E-state index contributed by atoms with van der Waals surface area (Å²) in [6, 6.07) is 1.46. The number of nitrogens with one attached hydrogen (secondary N) is 1. The van der Waals surface area contributed by atoms with E-state index in [-0.39, 0.29) is 17.9 Å². The molecule has 0 unspecified atom stereocenters. The van der Waals surface area contributed by atoms with Crippen LogP contribution in [0.5, 0.6) is 0 Å². The lowest BCUT2D eigenvalue weighted by Crippen LogP contribution is -2.56. The number of amides is 2. The van der Waals surface area contributed by atoms with Gasteiger partial charge in [-0.05, 0) is 31.9 Å². The molecule has 0 bridgehead atoms. The van der Waals surface area contributed by atoms with E-state index in [1.807, 2.05) is 26.8 Å². The van der Waals surface area contributed by atoms with Crippen LogP contribution in [0.25, 0.3) is 0 Å². The molecule has 1 atom stereocenters. The minimum absolute atomic E-state index is 0.0705. The molecule has 0 aromatic carbocycles. The Labute approximate surface area is 113 Å². The number of carbonyl (C=O) groups is 2. The Bertz CT molecular complexity index is 513. The van der Waals surface area contributed by atoms with Crippen LogP contribution in [0.2, 0.25) is 0 Å². The van der Waals surface area contributed by atoms with Gasteiger partial charge in [-0.1, -0.05) is 6.92 Å². The summed E-state index contributed by atoms with van der Waals surface area (Å²) < 4.78 is 0. The normalized spacial score (nSPS) is 19.2. The number of hydrogen-bond acceptors (Lipinski definition) is 3. The number of aryl methyl sites for hydroxylation is 2. The van der Waals surface area contributed by atoms with E-state index in [1.165, 1.54) is 0 Å². The predicted molar refractivity (Wildman–Crippen MR) is 71.8 cm³/mol. The van der Waals surface area contributed by atoms with Gasteiger partial charge in [-0.2, -0.15) is 0 Å². The van der Waals surface area contributed by atoms with Crippen LogP contribution in [-0.2, 0) is 4.79 Å². The molecule has 5 heteroatoms. The highest BCUT2D eigenvalue weighted by Gasteiger charge is 2.32. The second kappa shape index (κ2) is 5.38. The van der Waals surface area contributed by atoms with E-state index >= 15 is 0 Å². The quantitative estimate of drug-likeness (QED) is 0.865. The fourth-order valence-electron chi connectivity index (χ4n) is 2.29. The van der Waals surface area contributed by atoms with Crippen molar-refractivity contribution in [2.75, 3.05) is 13.1 Å². The molecule has 5 nitrogen and oxygen atoms in total. The van der Waals surface area contributed by atoms with Crippen LogP contribution in [0.1, 0.15) is 35.0 Å². The third-order valence-electron chi connectivity index (χ3n) is 3.57. The van der Waals surface area contributed by atoms with E-state index in [2.05, 4.69) is 10.3 Å². The average Bonchev–Trinajstić information content (AvgIpc) is 2.40. The summed E-state index contributed by atoms with van der Waals surface area (Å²) in [5.74, 6) is -0.184. The Hall–Kier alpha value is -1.91. The lowest BCUT2D eigenvalue weighted by atomic mass is 10.1. The van der Waals surface area contributed by atoms with Crippen LogP contribution in [0.4, 0.5) is 0 Å². The molecule has 2 heterocycles. The number of piperazine rings is 1. The highest BCUT2D eigenvalue weighted by Crippen LogP contribution is 2.15. The van der Waals surface area contributed by atoms with Gasteiger partial charge in [0, 0.05) is 25.0 Å². The van der Waals surface area contributed by atoms with Gasteiger partial charge in [0.15, 0.2) is 0 Å². The van der Waals surface area contributed by atoms with Crippen molar-refractivity contribution < 1.29 is 9.59 Å². The molecule has 2 rings (SSSR count). The minimum atomic E-state index is -0.372. The first-order valence-corrected chi connectivity index (χ1v) is 6.56. The molecule has 102 valence electrons. The van der Waals surface area contributed by atoms with Crippen molar-refractivity contribution in [3.63, 3.8) is 0 Å². The summed E-state index contributed by atoms with van der Waals surface area (Å²) in [7, 11) is 0. The van der Waals surface area contributed by atoms with Gasteiger partial charge in [0.2, 0.25) is 5.91 Å². The van der Waals surface area contributed by atoms with Crippen LogP contribution in [0.15, 0.2) is 12.3 Å². The molecule has 1 aromatic rings. The van der Waals surface area contributed by atoms with Gasteiger partial charge in [-0.15, -0.1) is 0 Å². The second-order valence-electron chi connectivity index (χ2n) is 4.84. The molecule has 1 saturated heterocycles. The zero-order valence-electron chi connectivity index (χ0n) is 11.6. The minimum Gasteiger partial charge on any atom is -0.353 e. The number of pyridine rings is 1. The van der Waals surface area contributed by atoms with E-state index in [0.29, 0.717) is 25.1 Å². The average molecular weight is 261 g/mol. The van der Waals surface area contributed by atoms with Crippen LogP contribution in [0, 0.1) is 13.8 Å². The molecular weight excluding hydrogens is 242 g/mol. The first kappa shape index (κ1) is 13.5. The van der Waals surface area contributed by atoms with Crippen molar-refractivity contribution >= 4 is 11.8 Å². The SMILES string of the molecule is CC[C@H]1C(=O)NCCN1C(=O)c1cnc(C)c(C)c1. The van der Waals surface area contributed by atoms with Gasteiger partial charge in [-0.3, -0.25) is 14.6 Å². The molecular formula is C14H19N3O2. The van der Waals surface area contributed by atoms with Crippen molar-refractivity contribution in [1.82, 2.24) is 15.2 Å². The van der Waals surface area contributed by atoms with Crippen molar-refractivity contribution in [1.29, 1.82) is 0 Å². The third kappa shape index (κ3) is 2.59. The van der Waals surface area contributed by atoms with E-state index in [1.54, 1.807) is 11.1 Å². The molecule has 1 aromatic heterocycles. The summed E-state index contributed by atoms with van der Waals surface area (Å²) >= 11 is 0. The first-order chi connectivity index (χ1) is 9.04. The first-order valence-electron chi connectivity index (χ1n) is 6.56. The Balaban J connectivity index is 2.26. The van der Waals surface area contributed by atoms with Crippen LogP contribution >= 0.6 is 0 Å². The van der Waals surface area contributed by atoms with E-state index < -0.39 is 0 Å². The van der Waals surface area contributed by atoms with Crippen molar-refractivity contribution in [2.45, 2.75) is 33.2 Å². The zero-order valence-corrected chi connectivity index (χ0v) is 11.6. The fraction of sp³-hybridized carbons (Fsp3) is 0.500. The van der Waals surface area contributed by atoms with E-state index in [9.17, 15) is 9.59 Å². The Morgan fingerprint density at radius 2 is 2.26 bits per heavy atom. The van der Waals surface area contributed by atoms with Crippen molar-refractivity contribution in [3.8, 4) is 0 Å². The van der Waals surface area contributed by atoms with Crippen LogP contribution in [0.3, 0.4) is 0 Å². The summed E-state index contributed by atoms with van der Waals surface area (Å²) in [6.07, 6.45) is 2.21. The molecule has 0 radical (unpaired) electrons. The second-order valence-corrected chi connectivity index (χ2v) is 4.84. The van der Waals surface area contributed by atoms with E-state index in [4.69, 9.17) is 0 Å². The lowest BCUT2D eigenvalue weighted by molar-refractivity contribution is -0.127. The summed E-state index contributed by atoms with van der Waals surface area (Å²) in [4.78, 5) is 30.1. The Morgan fingerprint density at radius 1 is 1.53 bits per heavy atom. The number of hydrogen-bond donors (Lipinski definition) is 1. The molecule has 1 aliphatic rings. The van der Waals surface area contributed by atoms with Crippen molar-refractivity contribution in [2.24, 2.45) is 0 Å². The van der Waals surface area contributed by atoms with Gasteiger partial charge < -0.3 is 10.2 Å². The maximum atomic E-state index is 12.5. The zero-order chi connectivity index (χ0) is 14.0. The van der Waals surface area contributed by atoms with Gasteiger partial charge >= 0.3 is 0 Å². The van der Waals surface area contributed by atoms with Gasteiger partial charge in [0.05, 0.1) is 5.56 Å². The van der Waals surface area contributed by atoms with Crippen molar-refractivity contribution in [3.05, 3.63) is 29.1 Å². The number of aromatic nitrogens is 1. The number of carbonyl (C=O) groups excluding carboxylic acids is 2. The van der Waals surface area contributed by atoms with Gasteiger partial charge in [-0.25, -0.2) is 0 Å². The molecule has 1 N–H and O–H groups in total. The topological polar surface area (TPSA) is 62.3 Å². The monoisotopic (exact) mass is 261 g/mol. The molecule has 1 fully saturated rings. The van der Waals surface area contributed by atoms with E-state index in [0.717, 1.165) is 11.3 Å². The molecule has 19 heavy (non-hydrogen) atoms. The fourth-order valence-corrected chi connectivity index (χ4v) is 2.29. The standard InChI is InChI=1S/C14H19N3O2/c1-4-12-13(18)15-5-6-17(12)14(19)11-7-9(2)10(3)16-8-11/h7-8,12H,4-6H2,1-3H3,(H,15,18)/t12-/m0/s1. The summed E-state index contributed by atoms with van der Waals surface area (Å²) in [6.45, 7) is 6.82. The maximum Gasteiger partial charge on any atom is 0.256 e. The smallest absolute Gasteiger partial charge is 0.256 e. The van der Waals surface area contributed by atoms with Crippen LogP contribution < -0.4 is 5.32 Å². The predicted octanol–water partition coefficient (Wildman–Crippen LogP) is 1.05. The summed E-state index contributed by atoms with van der Waals surface area (Å²) in [5, 5.41) is 2.79. The highest BCUT2D eigenvalue weighted by atomic mass is 16.2. The summed E-state index contributed by atoms with van der Waals surface area (Å²) in [5.41, 5.74) is 2.46. The lowest BCUT2D eigenvalue weighted by Gasteiger charge is -2.34.